The Balaban J connectivity index is 1.64. The first kappa shape index (κ1) is 32.3. The third-order valence-corrected chi connectivity index (χ3v) is 8.84. The molecule has 2 N–H and O–H groups in total. The molecule has 0 saturated carbocycles. The average molecular weight is 573 g/mol. The summed E-state index contributed by atoms with van der Waals surface area (Å²) in [6.45, 7) is 15.2. The highest BCUT2D eigenvalue weighted by Gasteiger charge is 2.41. The van der Waals surface area contributed by atoms with E-state index in [0.29, 0.717) is 37.3 Å². The molecule has 37 heavy (non-hydrogen) atoms. The van der Waals surface area contributed by atoms with Gasteiger partial charge in [-0.2, -0.15) is 0 Å². The van der Waals surface area contributed by atoms with Gasteiger partial charge in [-0.3, -0.25) is 4.90 Å². The summed E-state index contributed by atoms with van der Waals surface area (Å²) in [5.41, 5.74) is -0.529. The second-order valence-corrected chi connectivity index (χ2v) is 13.0. The predicted molar refractivity (Wildman–Crippen MR) is 163 cm³/mol. The first-order valence-electron chi connectivity index (χ1n) is 13.8. The monoisotopic (exact) mass is 572 g/mol. The summed E-state index contributed by atoms with van der Waals surface area (Å²) in [4.78, 5) is 21.9. The molecule has 0 aromatic carbocycles. The van der Waals surface area contributed by atoms with Crippen molar-refractivity contribution in [3.63, 3.8) is 0 Å². The number of likely N-dealkylation sites (N-methyl/N-ethyl adjacent to an activating group) is 2. The number of urea groups is 1. The van der Waals surface area contributed by atoms with Gasteiger partial charge in [0.25, 0.3) is 0 Å². The summed E-state index contributed by atoms with van der Waals surface area (Å²) in [6, 6.07) is -0.00999. The van der Waals surface area contributed by atoms with Gasteiger partial charge in [-0.25, -0.2) is 4.79 Å². The van der Waals surface area contributed by atoms with Crippen LogP contribution < -0.4 is 0 Å². The number of carbonyl (C=O) groups excluding carboxylic acids is 1. The zero-order valence-corrected chi connectivity index (χ0v) is 26.1. The van der Waals surface area contributed by atoms with E-state index in [1.807, 2.05) is 20.8 Å². The Morgan fingerprint density at radius 2 is 1.14 bits per heavy atom. The maximum absolute atomic E-state index is 12.6. The van der Waals surface area contributed by atoms with E-state index >= 15 is 0 Å². The van der Waals surface area contributed by atoms with Crippen LogP contribution in [-0.4, -0.2) is 100 Å². The lowest BCUT2D eigenvalue weighted by Gasteiger charge is -2.37. The molecule has 0 aromatic heterocycles. The Morgan fingerprint density at radius 3 is 1.57 bits per heavy atom. The molecule has 2 aliphatic rings. The first-order chi connectivity index (χ1) is 17.2. The number of carbonyl (C=O) groups is 1. The molecule has 2 rings (SSSR count). The molecular formula is C27H48N4O3S3. The minimum Gasteiger partial charge on any atom is -0.393 e. The zero-order valence-electron chi connectivity index (χ0n) is 23.7. The lowest BCUT2D eigenvalue weighted by molar-refractivity contribution is 0.115. The SMILES string of the molecule is CCN1CC(=S)N(C(C)(C)CCCC(O)CCCC(O)CCCC(C)(C)N2C(=S)CN(CC)C2=S)C1=O. The van der Waals surface area contributed by atoms with Gasteiger partial charge >= 0.3 is 6.03 Å². The second-order valence-electron chi connectivity index (χ2n) is 11.7. The van der Waals surface area contributed by atoms with Crippen LogP contribution in [0.2, 0.25) is 0 Å². The fraction of sp³-hybridized carbons (Fsp3) is 0.852. The summed E-state index contributed by atoms with van der Waals surface area (Å²) in [5.74, 6) is 0. The van der Waals surface area contributed by atoms with Crippen LogP contribution in [0.15, 0.2) is 0 Å². The quantitative estimate of drug-likeness (QED) is 0.247. The zero-order chi connectivity index (χ0) is 28.0. The largest absolute Gasteiger partial charge is 0.393 e. The van der Waals surface area contributed by atoms with Gasteiger partial charge in [-0.15, -0.1) is 0 Å². The molecule has 2 fully saturated rings. The van der Waals surface area contributed by atoms with Crippen molar-refractivity contribution >= 4 is 57.8 Å². The van der Waals surface area contributed by atoms with Crippen molar-refractivity contribution < 1.29 is 15.0 Å². The van der Waals surface area contributed by atoms with Crippen molar-refractivity contribution in [2.24, 2.45) is 0 Å². The third-order valence-electron chi connectivity index (χ3n) is 7.78. The van der Waals surface area contributed by atoms with Gasteiger partial charge in [0.05, 0.1) is 25.3 Å². The highest BCUT2D eigenvalue weighted by atomic mass is 32.1. The van der Waals surface area contributed by atoms with Gasteiger partial charge in [0.15, 0.2) is 5.11 Å². The molecular weight excluding hydrogens is 525 g/mol. The van der Waals surface area contributed by atoms with E-state index in [1.54, 1.807) is 9.80 Å². The Morgan fingerprint density at radius 1 is 0.730 bits per heavy atom. The van der Waals surface area contributed by atoms with Crippen LogP contribution in [-0.2, 0) is 0 Å². The molecule has 0 aliphatic carbocycles. The van der Waals surface area contributed by atoms with Gasteiger partial charge in [-0.05, 0) is 112 Å². The molecule has 2 heterocycles. The van der Waals surface area contributed by atoms with Crippen molar-refractivity contribution in [2.45, 2.75) is 123 Å². The van der Waals surface area contributed by atoms with Crippen LogP contribution >= 0.6 is 36.7 Å². The van der Waals surface area contributed by atoms with Crippen LogP contribution in [0.25, 0.3) is 0 Å². The van der Waals surface area contributed by atoms with E-state index < -0.39 is 6.10 Å². The Kier molecular flexibility index (Phi) is 12.1. The molecule has 7 nitrogen and oxygen atoms in total. The standard InChI is InChI=1S/C27H48N4O3S3/c1-7-28-18-22(35)30(24(28)34)26(3,4)16-10-14-20(32)12-9-13-21(33)15-11-17-27(5,6)31-23(36)19-29(8-2)25(31)37/h20-21,32-33H,7-19H2,1-6H3. The molecule has 0 radical (unpaired) electrons. The predicted octanol–water partition coefficient (Wildman–Crippen LogP) is 5.11. The van der Waals surface area contributed by atoms with Gasteiger partial charge in [-0.1, -0.05) is 24.4 Å². The van der Waals surface area contributed by atoms with E-state index in [2.05, 4.69) is 30.6 Å². The van der Waals surface area contributed by atoms with Gasteiger partial charge < -0.3 is 24.9 Å². The summed E-state index contributed by atoms with van der Waals surface area (Å²) in [6.07, 6.45) is 6.22. The van der Waals surface area contributed by atoms with Gasteiger partial charge in [0.1, 0.15) is 9.98 Å². The maximum atomic E-state index is 12.6. The molecule has 2 unspecified atom stereocenters. The molecule has 2 saturated heterocycles. The smallest absolute Gasteiger partial charge is 0.325 e. The van der Waals surface area contributed by atoms with Crippen molar-refractivity contribution in [1.82, 2.24) is 19.6 Å². The summed E-state index contributed by atoms with van der Waals surface area (Å²) in [5, 5.41) is 21.8. The Labute approximate surface area is 240 Å². The van der Waals surface area contributed by atoms with E-state index in [9.17, 15) is 15.0 Å². The summed E-state index contributed by atoms with van der Waals surface area (Å²) < 4.78 is 0. The van der Waals surface area contributed by atoms with Crippen LogP contribution in [0.5, 0.6) is 0 Å². The van der Waals surface area contributed by atoms with Crippen molar-refractivity contribution in [2.75, 3.05) is 26.2 Å². The highest BCUT2D eigenvalue weighted by Crippen LogP contribution is 2.30. The topological polar surface area (TPSA) is 70.5 Å². The number of nitrogens with zero attached hydrogens (tertiary/aromatic N) is 4. The van der Waals surface area contributed by atoms with Crippen LogP contribution in [0.4, 0.5) is 4.79 Å². The van der Waals surface area contributed by atoms with Crippen molar-refractivity contribution in [3.8, 4) is 0 Å². The van der Waals surface area contributed by atoms with E-state index in [4.69, 9.17) is 36.7 Å². The third kappa shape index (κ3) is 8.52. The normalized spacial score (nSPS) is 19.0. The molecule has 0 bridgehead atoms. The van der Waals surface area contributed by atoms with Crippen LogP contribution in [0.3, 0.4) is 0 Å². The maximum Gasteiger partial charge on any atom is 0.325 e. The summed E-state index contributed by atoms with van der Waals surface area (Å²) in [7, 11) is 0. The first-order valence-corrected chi connectivity index (χ1v) is 15.1. The van der Waals surface area contributed by atoms with E-state index in [1.165, 1.54) is 0 Å². The fourth-order valence-corrected chi connectivity index (χ4v) is 7.01. The molecule has 0 aromatic rings. The van der Waals surface area contributed by atoms with E-state index in [-0.39, 0.29) is 23.2 Å². The molecule has 2 amide bonds. The van der Waals surface area contributed by atoms with Crippen LogP contribution in [0, 0.1) is 0 Å². The minimum absolute atomic E-state index is 0.00999. The fourth-order valence-electron chi connectivity index (χ4n) is 5.43. The minimum atomic E-state index is -0.394. The second kappa shape index (κ2) is 13.9. The lowest BCUT2D eigenvalue weighted by atomic mass is 9.92. The summed E-state index contributed by atoms with van der Waals surface area (Å²) >= 11 is 16.7. The van der Waals surface area contributed by atoms with E-state index in [0.717, 1.165) is 61.7 Å². The lowest BCUT2D eigenvalue weighted by Crippen LogP contribution is -2.48. The number of aliphatic hydroxyl groups is 2. The number of amides is 2. The average Bonchev–Trinajstić information content (AvgIpc) is 3.27. The number of aliphatic hydroxyl groups excluding tert-OH is 2. The molecule has 212 valence electrons. The van der Waals surface area contributed by atoms with Gasteiger partial charge in [0, 0.05) is 24.2 Å². The molecule has 2 aliphatic heterocycles. The number of rotatable bonds is 16. The van der Waals surface area contributed by atoms with Crippen molar-refractivity contribution in [3.05, 3.63) is 0 Å². The van der Waals surface area contributed by atoms with Gasteiger partial charge in [0.2, 0.25) is 0 Å². The number of thiocarbonyl (C=S) groups is 3. The highest BCUT2D eigenvalue weighted by molar-refractivity contribution is 7.82. The Hall–Kier alpha value is -0.940. The molecule has 0 spiro atoms. The van der Waals surface area contributed by atoms with Crippen LogP contribution in [0.1, 0.15) is 99.3 Å². The molecule has 10 heteroatoms. The Bertz CT molecular complexity index is 770. The van der Waals surface area contributed by atoms with Crippen molar-refractivity contribution in [1.29, 1.82) is 0 Å². The number of hydrogen-bond acceptors (Lipinski definition) is 6. The molecule has 2 atom stereocenters. The number of hydrogen-bond donors (Lipinski definition) is 2.